The Balaban J connectivity index is 1.93. The fraction of sp³-hybridized carbons (Fsp3) is 0.714. The van der Waals surface area contributed by atoms with Gasteiger partial charge in [0.1, 0.15) is 12.1 Å². The SMILES string of the molecule is C=C(C)COCCN1C(=O)C2CCCN2C(=O)C1C. The fourth-order valence-corrected chi connectivity index (χ4v) is 2.76. The van der Waals surface area contributed by atoms with E-state index in [9.17, 15) is 9.59 Å². The molecule has 0 spiro atoms. The molecule has 0 aromatic carbocycles. The minimum atomic E-state index is -0.365. The van der Waals surface area contributed by atoms with E-state index >= 15 is 0 Å². The normalized spacial score (nSPS) is 26.8. The Morgan fingerprint density at radius 1 is 1.42 bits per heavy atom. The molecule has 19 heavy (non-hydrogen) atoms. The van der Waals surface area contributed by atoms with Crippen LogP contribution >= 0.6 is 0 Å². The first-order valence-electron chi connectivity index (χ1n) is 6.85. The summed E-state index contributed by atoms with van der Waals surface area (Å²) in [5, 5.41) is 0. The van der Waals surface area contributed by atoms with Crippen molar-refractivity contribution in [3.63, 3.8) is 0 Å². The average molecular weight is 266 g/mol. The van der Waals surface area contributed by atoms with E-state index in [1.807, 2.05) is 6.92 Å². The predicted octanol–water partition coefficient (Wildman–Crippen LogP) is 0.801. The lowest BCUT2D eigenvalue weighted by Crippen LogP contribution is -2.62. The largest absolute Gasteiger partial charge is 0.375 e. The molecule has 2 heterocycles. The first-order valence-corrected chi connectivity index (χ1v) is 6.85. The molecule has 2 saturated heterocycles. The van der Waals surface area contributed by atoms with E-state index in [-0.39, 0.29) is 23.9 Å². The molecule has 2 fully saturated rings. The molecule has 0 saturated carbocycles. The van der Waals surface area contributed by atoms with Gasteiger partial charge in [0.25, 0.3) is 0 Å². The first kappa shape index (κ1) is 14.1. The van der Waals surface area contributed by atoms with Gasteiger partial charge in [-0.1, -0.05) is 12.2 Å². The smallest absolute Gasteiger partial charge is 0.246 e. The van der Waals surface area contributed by atoms with Crippen LogP contribution in [-0.4, -0.2) is 60.0 Å². The molecule has 2 aliphatic rings. The van der Waals surface area contributed by atoms with Crippen molar-refractivity contribution in [1.82, 2.24) is 9.80 Å². The second kappa shape index (κ2) is 5.74. The molecular formula is C14H22N2O3. The number of piperazine rings is 1. The van der Waals surface area contributed by atoms with Gasteiger partial charge < -0.3 is 14.5 Å². The quantitative estimate of drug-likeness (QED) is 0.546. The Kier molecular flexibility index (Phi) is 4.24. The van der Waals surface area contributed by atoms with Gasteiger partial charge in [-0.15, -0.1) is 0 Å². The summed E-state index contributed by atoms with van der Waals surface area (Å²) in [5.41, 5.74) is 0.955. The molecule has 0 N–H and O–H groups in total. The zero-order valence-electron chi connectivity index (χ0n) is 11.7. The molecule has 0 aromatic rings. The van der Waals surface area contributed by atoms with E-state index in [4.69, 9.17) is 4.74 Å². The summed E-state index contributed by atoms with van der Waals surface area (Å²) in [5.74, 6) is 0.144. The van der Waals surface area contributed by atoms with Gasteiger partial charge in [-0.05, 0) is 26.7 Å². The molecule has 0 radical (unpaired) electrons. The number of ether oxygens (including phenoxy) is 1. The van der Waals surface area contributed by atoms with E-state index in [1.54, 1.807) is 16.7 Å². The molecule has 0 aromatic heterocycles. The first-order chi connectivity index (χ1) is 9.02. The standard InChI is InChI=1S/C14H22N2O3/c1-10(2)9-19-8-7-15-11(3)13(17)16-6-4-5-12(16)14(15)18/h11-12H,1,4-9H2,2-3H3. The summed E-state index contributed by atoms with van der Waals surface area (Å²) in [4.78, 5) is 27.9. The summed E-state index contributed by atoms with van der Waals surface area (Å²) in [6.07, 6.45) is 1.72. The van der Waals surface area contributed by atoms with E-state index < -0.39 is 0 Å². The highest BCUT2D eigenvalue weighted by atomic mass is 16.5. The van der Waals surface area contributed by atoms with Crippen LogP contribution in [0.5, 0.6) is 0 Å². The molecular weight excluding hydrogens is 244 g/mol. The van der Waals surface area contributed by atoms with Gasteiger partial charge in [0.2, 0.25) is 11.8 Å². The van der Waals surface area contributed by atoms with Gasteiger partial charge in [-0.3, -0.25) is 9.59 Å². The van der Waals surface area contributed by atoms with Gasteiger partial charge in [0, 0.05) is 13.1 Å². The second-order valence-corrected chi connectivity index (χ2v) is 5.41. The highest BCUT2D eigenvalue weighted by molar-refractivity contribution is 5.97. The third kappa shape index (κ3) is 2.81. The maximum atomic E-state index is 12.3. The van der Waals surface area contributed by atoms with E-state index in [0.29, 0.717) is 19.8 Å². The molecule has 2 amide bonds. The van der Waals surface area contributed by atoms with Crippen molar-refractivity contribution in [1.29, 1.82) is 0 Å². The van der Waals surface area contributed by atoms with Crippen LogP contribution in [0.25, 0.3) is 0 Å². The van der Waals surface area contributed by atoms with Crippen molar-refractivity contribution in [3.05, 3.63) is 12.2 Å². The van der Waals surface area contributed by atoms with Crippen LogP contribution < -0.4 is 0 Å². The highest BCUT2D eigenvalue weighted by Gasteiger charge is 2.45. The Morgan fingerprint density at radius 2 is 2.16 bits per heavy atom. The highest BCUT2D eigenvalue weighted by Crippen LogP contribution is 2.26. The minimum Gasteiger partial charge on any atom is -0.375 e. The van der Waals surface area contributed by atoms with E-state index in [1.165, 1.54) is 0 Å². The van der Waals surface area contributed by atoms with Crippen molar-refractivity contribution in [2.24, 2.45) is 0 Å². The van der Waals surface area contributed by atoms with Gasteiger partial charge in [0.15, 0.2) is 0 Å². The Hall–Kier alpha value is -1.36. The van der Waals surface area contributed by atoms with Crippen molar-refractivity contribution in [2.45, 2.75) is 38.8 Å². The molecule has 0 aliphatic carbocycles. The monoisotopic (exact) mass is 266 g/mol. The molecule has 2 aliphatic heterocycles. The lowest BCUT2D eigenvalue weighted by Gasteiger charge is -2.40. The number of hydrogen-bond donors (Lipinski definition) is 0. The van der Waals surface area contributed by atoms with Gasteiger partial charge in [0.05, 0.1) is 13.2 Å². The van der Waals surface area contributed by atoms with Crippen LogP contribution in [-0.2, 0) is 14.3 Å². The van der Waals surface area contributed by atoms with Crippen LogP contribution in [0.4, 0.5) is 0 Å². The van der Waals surface area contributed by atoms with Crippen LogP contribution in [0.1, 0.15) is 26.7 Å². The molecule has 0 bridgehead atoms. The van der Waals surface area contributed by atoms with Crippen molar-refractivity contribution in [2.75, 3.05) is 26.3 Å². The topological polar surface area (TPSA) is 49.9 Å². The van der Waals surface area contributed by atoms with Crippen LogP contribution in [0, 0.1) is 0 Å². The van der Waals surface area contributed by atoms with Crippen LogP contribution in [0.15, 0.2) is 12.2 Å². The summed E-state index contributed by atoms with van der Waals surface area (Å²) in [6.45, 7) is 9.60. The third-order valence-corrected chi connectivity index (χ3v) is 3.75. The van der Waals surface area contributed by atoms with Crippen molar-refractivity contribution in [3.8, 4) is 0 Å². The van der Waals surface area contributed by atoms with Crippen molar-refractivity contribution < 1.29 is 14.3 Å². The summed E-state index contributed by atoms with van der Waals surface area (Å²) >= 11 is 0. The van der Waals surface area contributed by atoms with Gasteiger partial charge >= 0.3 is 0 Å². The molecule has 106 valence electrons. The molecule has 2 rings (SSSR count). The maximum absolute atomic E-state index is 12.3. The predicted molar refractivity (Wildman–Crippen MR) is 71.5 cm³/mol. The maximum Gasteiger partial charge on any atom is 0.246 e. The minimum absolute atomic E-state index is 0.0713. The summed E-state index contributed by atoms with van der Waals surface area (Å²) in [7, 11) is 0. The number of nitrogens with zero attached hydrogens (tertiary/aromatic N) is 2. The zero-order valence-corrected chi connectivity index (χ0v) is 11.7. The van der Waals surface area contributed by atoms with Crippen LogP contribution in [0.3, 0.4) is 0 Å². The second-order valence-electron chi connectivity index (χ2n) is 5.41. The molecule has 2 atom stereocenters. The number of hydrogen-bond acceptors (Lipinski definition) is 3. The zero-order chi connectivity index (χ0) is 14.0. The number of fused-ring (bicyclic) bond motifs is 1. The lowest BCUT2D eigenvalue weighted by molar-refractivity contribution is -0.159. The molecule has 5 heteroatoms. The van der Waals surface area contributed by atoms with Crippen LogP contribution in [0.2, 0.25) is 0 Å². The number of carbonyl (C=O) groups is 2. The summed E-state index contributed by atoms with van der Waals surface area (Å²) in [6, 6.07) is -0.597. The van der Waals surface area contributed by atoms with E-state index in [0.717, 1.165) is 25.0 Å². The van der Waals surface area contributed by atoms with Gasteiger partial charge in [-0.2, -0.15) is 0 Å². The lowest BCUT2D eigenvalue weighted by atomic mass is 10.1. The Bertz CT molecular complexity index is 394. The van der Waals surface area contributed by atoms with E-state index in [2.05, 4.69) is 6.58 Å². The Labute approximate surface area is 114 Å². The third-order valence-electron chi connectivity index (χ3n) is 3.75. The summed E-state index contributed by atoms with van der Waals surface area (Å²) < 4.78 is 5.42. The van der Waals surface area contributed by atoms with Gasteiger partial charge in [-0.25, -0.2) is 0 Å². The number of rotatable bonds is 5. The average Bonchev–Trinajstić information content (AvgIpc) is 2.84. The molecule has 5 nitrogen and oxygen atoms in total. The Morgan fingerprint density at radius 3 is 2.84 bits per heavy atom. The fourth-order valence-electron chi connectivity index (χ4n) is 2.76. The molecule has 2 unspecified atom stereocenters. The van der Waals surface area contributed by atoms with Crippen molar-refractivity contribution >= 4 is 11.8 Å². The number of amides is 2. The number of carbonyl (C=O) groups excluding carboxylic acids is 2.